The van der Waals surface area contributed by atoms with Crippen LogP contribution in [0.5, 0.6) is 0 Å². The summed E-state index contributed by atoms with van der Waals surface area (Å²) in [4.78, 5) is 4.80. The molecule has 0 aliphatic heterocycles. The Bertz CT molecular complexity index is 1230. The van der Waals surface area contributed by atoms with E-state index in [1.165, 1.54) is 22.3 Å². The van der Waals surface area contributed by atoms with Crippen LogP contribution < -0.4 is 10.6 Å². The first-order valence-electron chi connectivity index (χ1n) is 11.7. The van der Waals surface area contributed by atoms with Crippen molar-refractivity contribution in [3.8, 4) is 6.07 Å². The summed E-state index contributed by atoms with van der Waals surface area (Å²) in [5.41, 5.74) is 8.06. The molecule has 5 rings (SSSR count). The number of aliphatic hydroxyl groups excluding tert-OH is 1. The molecule has 1 heterocycles. The van der Waals surface area contributed by atoms with Gasteiger partial charge in [-0.1, -0.05) is 24.3 Å². The molecule has 2 aliphatic rings. The van der Waals surface area contributed by atoms with Gasteiger partial charge in [-0.3, -0.25) is 0 Å². The third kappa shape index (κ3) is 4.18. The van der Waals surface area contributed by atoms with Gasteiger partial charge in [-0.15, -0.1) is 0 Å². The molecule has 6 nitrogen and oxygen atoms in total. The first kappa shape index (κ1) is 21.4. The number of pyridine rings is 1. The van der Waals surface area contributed by atoms with Gasteiger partial charge in [-0.25, -0.2) is 4.98 Å². The smallest absolute Gasteiger partial charge is 0.184 e. The molecule has 3 N–H and O–H groups in total. The van der Waals surface area contributed by atoms with Crippen LogP contribution >= 0.6 is 0 Å². The molecule has 2 aliphatic carbocycles. The maximum Gasteiger partial charge on any atom is 0.184 e. The van der Waals surface area contributed by atoms with Crippen molar-refractivity contribution in [2.45, 2.75) is 51.7 Å². The van der Waals surface area contributed by atoms with Gasteiger partial charge >= 0.3 is 0 Å². The number of rotatable bonds is 7. The molecule has 33 heavy (non-hydrogen) atoms. The van der Waals surface area contributed by atoms with Crippen LogP contribution in [0.15, 0.2) is 42.5 Å². The van der Waals surface area contributed by atoms with E-state index in [-0.39, 0.29) is 0 Å². The lowest BCUT2D eigenvalue weighted by molar-refractivity contribution is -0.0976. The van der Waals surface area contributed by atoms with Crippen molar-refractivity contribution in [1.82, 2.24) is 4.98 Å². The Balaban J connectivity index is 1.57. The predicted octanol–water partition coefficient (Wildman–Crippen LogP) is 5.45. The second kappa shape index (κ2) is 9.22. The van der Waals surface area contributed by atoms with Crippen LogP contribution in [-0.2, 0) is 30.4 Å². The van der Waals surface area contributed by atoms with E-state index in [0.29, 0.717) is 29.4 Å². The molecule has 6 heteroatoms. The van der Waals surface area contributed by atoms with E-state index in [0.717, 1.165) is 49.9 Å². The molecule has 0 spiro atoms. The van der Waals surface area contributed by atoms with E-state index < -0.39 is 6.29 Å². The number of fused-ring (bicyclic) bond motifs is 2. The van der Waals surface area contributed by atoms with Gasteiger partial charge in [0.05, 0.1) is 11.1 Å². The highest BCUT2D eigenvalue weighted by molar-refractivity contribution is 5.73. The fraction of sp³-hybridized carbons (Fsp3) is 0.333. The molecule has 168 valence electrons. The van der Waals surface area contributed by atoms with Crippen LogP contribution in [0.3, 0.4) is 0 Å². The summed E-state index contributed by atoms with van der Waals surface area (Å²) in [5, 5.41) is 27.4. The Morgan fingerprint density at radius 2 is 1.58 bits per heavy atom. The van der Waals surface area contributed by atoms with Gasteiger partial charge in [-0.05, 0) is 85.9 Å². The minimum absolute atomic E-state index is 0.347. The zero-order valence-electron chi connectivity index (χ0n) is 18.8. The van der Waals surface area contributed by atoms with Gasteiger partial charge in [0, 0.05) is 18.0 Å². The second-order valence-electron chi connectivity index (χ2n) is 8.59. The Labute approximate surface area is 194 Å². The Kier molecular flexibility index (Phi) is 5.99. The van der Waals surface area contributed by atoms with Crippen molar-refractivity contribution in [2.75, 3.05) is 17.2 Å². The number of nitriles is 1. The molecule has 1 aromatic heterocycles. The number of hydrogen-bond acceptors (Lipinski definition) is 6. The number of aliphatic hydroxyl groups is 1. The monoisotopic (exact) mass is 440 g/mol. The number of anilines is 4. The van der Waals surface area contributed by atoms with E-state index in [2.05, 4.69) is 28.8 Å². The van der Waals surface area contributed by atoms with Crippen molar-refractivity contribution in [3.63, 3.8) is 0 Å². The molecule has 0 saturated carbocycles. The van der Waals surface area contributed by atoms with Gasteiger partial charge in [0.25, 0.3) is 0 Å². The average Bonchev–Trinajstić information content (AvgIpc) is 3.50. The van der Waals surface area contributed by atoms with Crippen molar-refractivity contribution in [1.29, 1.82) is 5.26 Å². The number of nitrogens with one attached hydrogen (secondary N) is 2. The number of ether oxygens (including phenoxy) is 1. The summed E-state index contributed by atoms with van der Waals surface area (Å²) in [7, 11) is 0. The van der Waals surface area contributed by atoms with Gasteiger partial charge in [-0.2, -0.15) is 5.26 Å². The molecular weight excluding hydrogens is 412 g/mol. The van der Waals surface area contributed by atoms with Gasteiger partial charge < -0.3 is 20.5 Å². The van der Waals surface area contributed by atoms with E-state index in [4.69, 9.17) is 9.72 Å². The molecule has 3 aromatic rings. The Morgan fingerprint density at radius 1 is 0.970 bits per heavy atom. The maximum atomic E-state index is 10.7. The van der Waals surface area contributed by atoms with Crippen LogP contribution in [0, 0.1) is 11.3 Å². The average molecular weight is 441 g/mol. The lowest BCUT2D eigenvalue weighted by atomic mass is 10.1. The molecule has 0 saturated heterocycles. The fourth-order valence-corrected chi connectivity index (χ4v) is 4.97. The molecular formula is C27H28N4O2. The van der Waals surface area contributed by atoms with Crippen LogP contribution in [0.4, 0.5) is 23.0 Å². The molecule has 0 radical (unpaired) electrons. The van der Waals surface area contributed by atoms with Crippen LogP contribution in [-0.4, -0.2) is 16.7 Å². The van der Waals surface area contributed by atoms with E-state index >= 15 is 0 Å². The Hall–Kier alpha value is -3.40. The highest BCUT2D eigenvalue weighted by atomic mass is 16.6. The largest absolute Gasteiger partial charge is 0.364 e. The maximum absolute atomic E-state index is 10.7. The topological polar surface area (TPSA) is 90.2 Å². The Morgan fingerprint density at radius 3 is 2.15 bits per heavy atom. The molecule has 0 bridgehead atoms. The first-order valence-corrected chi connectivity index (χ1v) is 11.7. The van der Waals surface area contributed by atoms with Crippen LogP contribution in [0.25, 0.3) is 0 Å². The summed E-state index contributed by atoms with van der Waals surface area (Å²) in [6, 6.07) is 16.4. The van der Waals surface area contributed by atoms with Gasteiger partial charge in [0.1, 0.15) is 11.9 Å². The van der Waals surface area contributed by atoms with Crippen LogP contribution in [0.1, 0.15) is 59.4 Å². The number of aryl methyl sites for hydroxylation is 2. The third-order valence-corrected chi connectivity index (χ3v) is 6.56. The van der Waals surface area contributed by atoms with E-state index in [9.17, 15) is 10.4 Å². The highest BCUT2D eigenvalue weighted by Gasteiger charge is 2.22. The SMILES string of the molecule is CCOC(O)c1cc(C#N)c(Nc2cccc3c2CCC3)nc1Nc1cccc2c1CCC2. The van der Waals surface area contributed by atoms with Crippen molar-refractivity contribution in [3.05, 3.63) is 75.8 Å². The quantitative estimate of drug-likeness (QED) is 0.424. The normalized spacial score (nSPS) is 14.9. The zero-order valence-corrected chi connectivity index (χ0v) is 18.8. The van der Waals surface area contributed by atoms with Crippen molar-refractivity contribution >= 4 is 23.0 Å². The molecule has 0 fully saturated rings. The molecule has 1 atom stereocenters. The minimum Gasteiger partial charge on any atom is -0.364 e. The number of aromatic nitrogens is 1. The fourth-order valence-electron chi connectivity index (χ4n) is 4.97. The lowest BCUT2D eigenvalue weighted by Gasteiger charge is -2.20. The number of benzene rings is 2. The van der Waals surface area contributed by atoms with Gasteiger partial charge in [0.2, 0.25) is 0 Å². The molecule has 0 amide bonds. The van der Waals surface area contributed by atoms with Crippen molar-refractivity contribution in [2.24, 2.45) is 0 Å². The summed E-state index contributed by atoms with van der Waals surface area (Å²) < 4.78 is 5.46. The summed E-state index contributed by atoms with van der Waals surface area (Å²) in [6.45, 7) is 2.17. The number of nitrogens with zero attached hydrogens (tertiary/aromatic N) is 2. The molecule has 1 unspecified atom stereocenters. The minimum atomic E-state index is -1.18. The lowest BCUT2D eigenvalue weighted by Crippen LogP contribution is -2.11. The summed E-state index contributed by atoms with van der Waals surface area (Å²) in [5.74, 6) is 0.964. The van der Waals surface area contributed by atoms with E-state index in [1.54, 1.807) is 6.07 Å². The highest BCUT2D eigenvalue weighted by Crippen LogP contribution is 2.36. The summed E-state index contributed by atoms with van der Waals surface area (Å²) >= 11 is 0. The number of hydrogen-bond donors (Lipinski definition) is 3. The first-order chi connectivity index (χ1) is 16.2. The van der Waals surface area contributed by atoms with Gasteiger partial charge in [0.15, 0.2) is 12.1 Å². The van der Waals surface area contributed by atoms with Crippen molar-refractivity contribution < 1.29 is 9.84 Å². The zero-order chi connectivity index (χ0) is 22.8. The molecule has 2 aromatic carbocycles. The van der Waals surface area contributed by atoms with E-state index in [1.807, 2.05) is 31.2 Å². The predicted molar refractivity (Wildman–Crippen MR) is 129 cm³/mol. The standard InChI is InChI=1S/C27H28N4O2/c1-2-33-27(32)22-15-19(16-28)25(29-23-13-5-9-17-7-3-11-20(17)23)31-26(22)30-24-14-6-10-18-8-4-12-21(18)24/h5-6,9-10,13-15,27,32H,2-4,7-8,11-12H2,1H3,(H2,29,30,31). The summed E-state index contributed by atoms with van der Waals surface area (Å²) in [6.07, 6.45) is 5.28. The second-order valence-corrected chi connectivity index (χ2v) is 8.59. The van der Waals surface area contributed by atoms with Crippen LogP contribution in [0.2, 0.25) is 0 Å². The third-order valence-electron chi connectivity index (χ3n) is 6.56.